The fourth-order valence-corrected chi connectivity index (χ4v) is 12.3. The maximum atomic E-state index is 11.7. The Balaban J connectivity index is 0.000000384. The van der Waals surface area contributed by atoms with Crippen molar-refractivity contribution in [1.29, 1.82) is 0 Å². The minimum atomic E-state index is -0.309. The van der Waals surface area contributed by atoms with Gasteiger partial charge < -0.3 is 76.6 Å². The third-order valence-corrected chi connectivity index (χ3v) is 19.2. The number of nitrogens with two attached hydrogens (primary N) is 3. The van der Waals surface area contributed by atoms with Crippen molar-refractivity contribution in [2.75, 3.05) is 55.4 Å². The number of Topliss-reactive ketones (excluding diaryl/α,β-unsaturated/α-hetero) is 4. The molecule has 4 atom stereocenters. The second-order valence-corrected chi connectivity index (χ2v) is 30.2. The van der Waals surface area contributed by atoms with Gasteiger partial charge in [-0.05, 0) is 148 Å². The van der Waals surface area contributed by atoms with Gasteiger partial charge in [0, 0.05) is 134 Å². The van der Waals surface area contributed by atoms with Crippen molar-refractivity contribution in [2.45, 2.75) is 261 Å². The SMILES string of the molecule is CC.CCCC[C@@](C)(N)CCC(C)=O.CCCC[C@](C)(CCC(C)=O)Nc1nc(Cl)nc2nccnc12.CCCC[C@](C)(CCC(C)=O)Nc1nc(N)nc2nccnc12.CCCC[C@](C)(CCC(C)=O)Nc1nc(NCc2ccc(OC)cc2OC)nc2nccnc12.COc1ccc(CN)c(OC)c1.Cl.Clc1nc(Cl)c2nccnc2n1. The Labute approximate surface area is 721 Å². The van der Waals surface area contributed by atoms with Crippen LogP contribution in [0.4, 0.5) is 29.4 Å². The van der Waals surface area contributed by atoms with Crippen LogP contribution in [-0.4, -0.2) is 153 Å². The summed E-state index contributed by atoms with van der Waals surface area (Å²) in [6, 6.07) is 11.2. The Bertz CT molecular complexity index is 4660. The molecule has 35 heteroatoms. The molecule has 8 heterocycles. The highest BCUT2D eigenvalue weighted by molar-refractivity contribution is 6.35. The van der Waals surface area contributed by atoms with Gasteiger partial charge in [0.2, 0.25) is 22.5 Å². The summed E-state index contributed by atoms with van der Waals surface area (Å²) in [5.74, 6) is 6.09. The van der Waals surface area contributed by atoms with Gasteiger partial charge in [-0.2, -0.15) is 34.9 Å². The quantitative estimate of drug-likeness (QED) is 0.0140. The van der Waals surface area contributed by atoms with Crippen LogP contribution in [-0.2, 0) is 32.3 Å². The summed E-state index contributed by atoms with van der Waals surface area (Å²) < 4.78 is 20.9. The summed E-state index contributed by atoms with van der Waals surface area (Å²) >= 11 is 17.3. The first-order valence-electron chi connectivity index (χ1n) is 39.9. The number of benzene rings is 2. The van der Waals surface area contributed by atoms with Crippen LogP contribution in [0.1, 0.15) is 236 Å². The van der Waals surface area contributed by atoms with Crippen LogP contribution in [0.3, 0.4) is 0 Å². The van der Waals surface area contributed by atoms with Gasteiger partial charge in [0.25, 0.3) is 0 Å². The monoisotopic (exact) mass is 1720 g/mol. The lowest BCUT2D eigenvalue weighted by molar-refractivity contribution is -0.118. The molecule has 0 aliphatic heterocycles. The normalized spacial score (nSPS) is 12.6. The third-order valence-electron chi connectivity index (χ3n) is 18.6. The van der Waals surface area contributed by atoms with Gasteiger partial charge in [-0.3, -0.25) is 0 Å². The van der Waals surface area contributed by atoms with Gasteiger partial charge in [0.15, 0.2) is 61.7 Å². The molecule has 650 valence electrons. The first-order chi connectivity index (χ1) is 56.3. The summed E-state index contributed by atoms with van der Waals surface area (Å²) in [4.78, 5) is 112. The molecule has 0 amide bonds. The van der Waals surface area contributed by atoms with E-state index in [2.05, 4.69) is 144 Å². The third kappa shape index (κ3) is 36.7. The molecular weight excluding hydrogens is 1600 g/mol. The number of hydrogen-bond donors (Lipinski definition) is 7. The van der Waals surface area contributed by atoms with Crippen LogP contribution in [0.25, 0.3) is 44.7 Å². The van der Waals surface area contributed by atoms with Gasteiger partial charge in [0.1, 0.15) is 51.6 Å². The number of unbranched alkanes of at least 4 members (excludes halogenated alkanes) is 4. The van der Waals surface area contributed by atoms with Gasteiger partial charge in [0.05, 0.1) is 28.4 Å². The highest BCUT2D eigenvalue weighted by Gasteiger charge is 2.30. The summed E-state index contributed by atoms with van der Waals surface area (Å²) in [6.07, 6.45) is 30.3. The first kappa shape index (κ1) is 103. The molecule has 0 bridgehead atoms. The Hall–Kier alpha value is -9.92. The smallest absolute Gasteiger partial charge is 0.227 e. The summed E-state index contributed by atoms with van der Waals surface area (Å²) in [6.45, 7) is 28.4. The summed E-state index contributed by atoms with van der Waals surface area (Å²) in [5, 5.41) is 14.2. The molecule has 10 N–H and O–H groups in total. The van der Waals surface area contributed by atoms with Gasteiger partial charge in [-0.1, -0.05) is 111 Å². The fraction of sp³-hybridized carbons (Fsp3) is 0.524. The van der Waals surface area contributed by atoms with Crippen molar-refractivity contribution in [3.8, 4) is 23.0 Å². The predicted octanol–water partition coefficient (Wildman–Crippen LogP) is 17.9. The topological polar surface area (TPSA) is 438 Å². The van der Waals surface area contributed by atoms with Gasteiger partial charge in [-0.15, -0.1) is 12.4 Å². The molecule has 0 saturated carbocycles. The van der Waals surface area contributed by atoms with Gasteiger partial charge in [-0.25, -0.2) is 44.9 Å². The zero-order valence-electron chi connectivity index (χ0n) is 72.3. The number of ether oxygens (including phenoxy) is 4. The molecule has 10 aromatic rings. The lowest BCUT2D eigenvalue weighted by atomic mass is 9.89. The molecule has 8 aromatic heterocycles. The van der Waals surface area contributed by atoms with Crippen LogP contribution < -0.4 is 57.4 Å². The fourth-order valence-electron chi connectivity index (χ4n) is 11.8. The number of anilines is 5. The van der Waals surface area contributed by atoms with Crippen molar-refractivity contribution in [3.05, 3.63) is 113 Å². The second-order valence-electron chi connectivity index (χ2n) is 29.2. The van der Waals surface area contributed by atoms with Gasteiger partial charge >= 0.3 is 0 Å². The van der Waals surface area contributed by atoms with E-state index in [4.69, 9.17) is 75.9 Å². The first-order valence-corrected chi connectivity index (χ1v) is 41.1. The molecule has 0 unspecified atom stereocenters. The molecule has 0 saturated heterocycles. The number of ketones is 4. The van der Waals surface area contributed by atoms with E-state index < -0.39 is 0 Å². The molecule has 31 nitrogen and oxygen atoms in total. The van der Waals surface area contributed by atoms with E-state index in [9.17, 15) is 19.2 Å². The molecule has 10 rings (SSSR count). The van der Waals surface area contributed by atoms with E-state index in [0.717, 1.165) is 118 Å². The summed E-state index contributed by atoms with van der Waals surface area (Å²) in [7, 11) is 6.49. The Morgan fingerprint density at radius 1 is 0.420 bits per heavy atom. The van der Waals surface area contributed by atoms with Crippen molar-refractivity contribution in [3.63, 3.8) is 0 Å². The zero-order chi connectivity index (χ0) is 87.4. The molecular formula is C84H123Cl4N23O8. The number of nitrogen functional groups attached to an aromatic ring is 1. The van der Waals surface area contributed by atoms with Crippen LogP contribution >= 0.6 is 47.2 Å². The number of methoxy groups -OCH3 is 4. The van der Waals surface area contributed by atoms with Crippen LogP contribution in [0.2, 0.25) is 15.7 Å². The van der Waals surface area contributed by atoms with Crippen molar-refractivity contribution in [2.24, 2.45) is 11.5 Å². The minimum Gasteiger partial charge on any atom is -0.497 e. The Kier molecular flexibility index (Phi) is 46.5. The van der Waals surface area contributed by atoms with Crippen molar-refractivity contribution in [1.82, 2.24) is 79.7 Å². The lowest BCUT2D eigenvalue weighted by Gasteiger charge is -2.31. The molecule has 0 radical (unpaired) electrons. The maximum Gasteiger partial charge on any atom is 0.227 e. The molecule has 2 aromatic carbocycles. The molecule has 0 aliphatic rings. The average Bonchev–Trinajstić information content (AvgIpc) is 0.810. The number of fused-ring (bicyclic) bond motifs is 4. The predicted molar refractivity (Wildman–Crippen MR) is 479 cm³/mol. The van der Waals surface area contributed by atoms with E-state index in [1.165, 1.54) is 18.8 Å². The van der Waals surface area contributed by atoms with Crippen LogP contribution in [0.15, 0.2) is 86.0 Å². The standard InChI is InChI=1S/C25H34N6O3.C16H22ClN5O.C16H24N6O.C10H21NO.C9H13NO2.C6H2Cl2N4.C2H6.ClH/c1-6-7-11-25(3,12-10-17(2)32)31-23-21-22(27-14-13-26-21)29-24(30-23)28-16-18-8-9-19(33-4)15-20(18)34-5;2*1-4-5-7-16(3,8-6-11(2)23)22-14-12-13(19-10-9-18-12)20-15(17)21-14;1-4-5-7-10(3,11)8-6-9(2)12;1-11-8-4-3-7(6-10)9(5-8)12-2;7-4-3-5(10-2-1-9-3)12-6(8)11-4;1-2;/h8-9,13-15H,6-7,10-12,16H2,1-5H3,(H2,27,28,29,30,31);9-10H,4-8H2,1-3H3,(H,19,20,21,22);9-10H,4-8H2,1-3H3,(H3,17,19,20,21,22);4-8,11H2,1-3H3;3-5H,6,10H2,1-2H3;1-2H;1-2H3;1H/t25-;2*16-;10-;;;;/m1111..../s1. The Morgan fingerprint density at radius 3 is 1.17 bits per heavy atom. The number of hydrogen-bond acceptors (Lipinski definition) is 31. The molecule has 119 heavy (non-hydrogen) atoms. The van der Waals surface area contributed by atoms with E-state index in [1.807, 2.05) is 57.2 Å². The zero-order valence-corrected chi connectivity index (χ0v) is 75.4. The molecule has 0 fully saturated rings. The number of nitrogens with zero attached hydrogens (tertiary/aromatic N) is 16. The highest BCUT2D eigenvalue weighted by Crippen LogP contribution is 2.34. The van der Waals surface area contributed by atoms with Crippen molar-refractivity contribution >= 4 is 144 Å². The van der Waals surface area contributed by atoms with E-state index in [-0.39, 0.29) is 79.4 Å². The Morgan fingerprint density at radius 2 is 0.765 bits per heavy atom. The molecule has 0 spiro atoms. The largest absolute Gasteiger partial charge is 0.497 e. The second kappa shape index (κ2) is 53.6. The minimum absolute atomic E-state index is 0. The maximum absolute atomic E-state index is 11.7. The number of halogens is 4. The summed E-state index contributed by atoms with van der Waals surface area (Å²) in [5.41, 5.74) is 22.3. The number of aromatic nitrogens is 16. The van der Waals surface area contributed by atoms with E-state index in [0.29, 0.717) is 119 Å². The molecule has 0 aliphatic carbocycles. The highest BCUT2D eigenvalue weighted by atomic mass is 35.5. The number of carbonyl (C=O) groups excluding carboxylic acids is 4. The number of carbonyl (C=O) groups is 4. The van der Waals surface area contributed by atoms with E-state index >= 15 is 0 Å². The average molecular weight is 1720 g/mol. The lowest BCUT2D eigenvalue weighted by Crippen LogP contribution is -2.36. The number of nitrogens with one attached hydrogen (secondary N) is 4. The number of rotatable bonds is 38. The van der Waals surface area contributed by atoms with Crippen LogP contribution in [0, 0.1) is 0 Å². The van der Waals surface area contributed by atoms with Crippen LogP contribution in [0.5, 0.6) is 23.0 Å². The van der Waals surface area contributed by atoms with Crippen molar-refractivity contribution < 1.29 is 38.1 Å². The van der Waals surface area contributed by atoms with E-state index in [1.54, 1.807) is 93.3 Å².